The van der Waals surface area contributed by atoms with E-state index in [2.05, 4.69) is 10.5 Å². The number of alkyl halides is 3. The monoisotopic (exact) mass is 450 g/mol. The fraction of sp³-hybridized carbons (Fsp3) is 0.444. The van der Waals surface area contributed by atoms with Crippen molar-refractivity contribution < 1.29 is 40.8 Å². The molecule has 1 aromatic carbocycles. The second kappa shape index (κ2) is 9.94. The van der Waals surface area contributed by atoms with Crippen LogP contribution in [-0.2, 0) is 20.4 Å². The minimum Gasteiger partial charge on any atom is -0.497 e. The second-order valence-electron chi connectivity index (χ2n) is 6.47. The molecule has 1 saturated heterocycles. The Morgan fingerprint density at radius 1 is 1.30 bits per heavy atom. The maximum atomic E-state index is 12.5. The number of carboxylic acid groups (broad SMARTS) is 1. The summed E-state index contributed by atoms with van der Waals surface area (Å²) in [6, 6.07) is 9.07. The Kier molecular flexibility index (Phi) is 7.84. The maximum Gasteiger partial charge on any atom is 0.490 e. The molecule has 12 heteroatoms. The van der Waals surface area contributed by atoms with Gasteiger partial charge in [-0.2, -0.15) is 13.2 Å². The highest BCUT2D eigenvalue weighted by Crippen LogP contribution is 2.26. The number of rotatable bonds is 5. The standard InChI is InChI=1S/C16H20N2O4S.C2HF3O2/c1-21-14-4-2-3-12(9-14)16-10-13(18-22-16)11-23(19,20)15-5-7-17-8-6-15;3-2(4,5)1(6)7/h2-4,9-10,15,17H,5-8,11H2,1H3;(H,6,7). The second-order valence-corrected chi connectivity index (χ2v) is 8.75. The van der Waals surface area contributed by atoms with E-state index in [1.165, 1.54) is 0 Å². The Bertz CT molecular complexity index is 953. The Balaban J connectivity index is 0.000000396. The third-order valence-corrected chi connectivity index (χ3v) is 6.48. The fourth-order valence-electron chi connectivity index (χ4n) is 2.77. The van der Waals surface area contributed by atoms with Gasteiger partial charge in [-0.1, -0.05) is 17.3 Å². The first-order valence-corrected chi connectivity index (χ1v) is 10.6. The number of aromatic nitrogens is 1. The molecule has 0 spiro atoms. The van der Waals surface area contributed by atoms with Gasteiger partial charge in [-0.15, -0.1) is 0 Å². The third-order valence-electron chi connectivity index (χ3n) is 4.30. The number of nitrogens with zero attached hydrogens (tertiary/aromatic N) is 1. The van der Waals surface area contributed by atoms with Crippen molar-refractivity contribution in [3.63, 3.8) is 0 Å². The van der Waals surface area contributed by atoms with E-state index in [-0.39, 0.29) is 11.0 Å². The first-order chi connectivity index (χ1) is 14.0. The summed E-state index contributed by atoms with van der Waals surface area (Å²) in [5.74, 6) is -1.58. The Morgan fingerprint density at radius 2 is 1.93 bits per heavy atom. The van der Waals surface area contributed by atoms with Crippen LogP contribution in [0.3, 0.4) is 0 Å². The van der Waals surface area contributed by atoms with Crippen LogP contribution in [0.25, 0.3) is 11.3 Å². The Hall–Kier alpha value is -2.60. The minimum absolute atomic E-state index is 0.0782. The molecule has 0 atom stereocenters. The van der Waals surface area contributed by atoms with Gasteiger partial charge in [0.25, 0.3) is 0 Å². The molecule has 1 aromatic heterocycles. The highest BCUT2D eigenvalue weighted by molar-refractivity contribution is 7.91. The third kappa shape index (κ3) is 6.73. The molecule has 3 rings (SSSR count). The smallest absolute Gasteiger partial charge is 0.490 e. The van der Waals surface area contributed by atoms with E-state index in [1.54, 1.807) is 13.2 Å². The fourth-order valence-corrected chi connectivity index (χ4v) is 4.51. The zero-order valence-electron chi connectivity index (χ0n) is 16.0. The van der Waals surface area contributed by atoms with Gasteiger partial charge >= 0.3 is 12.1 Å². The van der Waals surface area contributed by atoms with E-state index in [0.717, 1.165) is 18.7 Å². The number of hydrogen-bond acceptors (Lipinski definition) is 7. The molecule has 2 aromatic rings. The van der Waals surface area contributed by atoms with E-state index >= 15 is 0 Å². The zero-order chi connectivity index (χ0) is 22.4. The lowest BCUT2D eigenvalue weighted by Gasteiger charge is -2.22. The molecule has 8 nitrogen and oxygen atoms in total. The van der Waals surface area contributed by atoms with Crippen LogP contribution >= 0.6 is 0 Å². The van der Waals surface area contributed by atoms with Crippen LogP contribution < -0.4 is 10.1 Å². The SMILES string of the molecule is COc1cccc(-c2cc(CS(=O)(=O)C3CCNCC3)no2)c1.O=C(O)C(F)(F)F. The topological polar surface area (TPSA) is 119 Å². The molecular weight excluding hydrogens is 429 g/mol. The Labute approximate surface area is 170 Å². The quantitative estimate of drug-likeness (QED) is 0.714. The van der Waals surface area contributed by atoms with E-state index in [4.69, 9.17) is 19.2 Å². The molecular formula is C18H21F3N2O6S. The number of sulfone groups is 1. The summed E-state index contributed by atoms with van der Waals surface area (Å²) in [4.78, 5) is 8.90. The van der Waals surface area contributed by atoms with Crippen LogP contribution in [0.4, 0.5) is 13.2 Å². The van der Waals surface area contributed by atoms with Gasteiger partial charge in [0.2, 0.25) is 0 Å². The average molecular weight is 450 g/mol. The van der Waals surface area contributed by atoms with Crippen LogP contribution in [0.15, 0.2) is 34.9 Å². The van der Waals surface area contributed by atoms with Crippen LogP contribution in [-0.4, -0.2) is 56.3 Å². The maximum absolute atomic E-state index is 12.5. The molecule has 1 fully saturated rings. The Morgan fingerprint density at radius 3 is 2.50 bits per heavy atom. The molecule has 0 amide bonds. The van der Waals surface area contributed by atoms with Gasteiger partial charge in [0, 0.05) is 11.6 Å². The van der Waals surface area contributed by atoms with E-state index in [0.29, 0.717) is 30.0 Å². The van der Waals surface area contributed by atoms with Crippen molar-refractivity contribution in [1.82, 2.24) is 10.5 Å². The molecule has 2 N–H and O–H groups in total. The van der Waals surface area contributed by atoms with Crippen molar-refractivity contribution in [1.29, 1.82) is 0 Å². The number of benzene rings is 1. The van der Waals surface area contributed by atoms with Crippen molar-refractivity contribution in [3.05, 3.63) is 36.0 Å². The summed E-state index contributed by atoms with van der Waals surface area (Å²) in [7, 11) is -1.61. The van der Waals surface area contributed by atoms with Gasteiger partial charge < -0.3 is 19.7 Å². The van der Waals surface area contributed by atoms with Gasteiger partial charge in [0.05, 0.1) is 23.8 Å². The molecule has 1 aliphatic rings. The van der Waals surface area contributed by atoms with Crippen molar-refractivity contribution in [2.45, 2.75) is 30.0 Å². The summed E-state index contributed by atoms with van der Waals surface area (Å²) in [6.07, 6.45) is -3.77. The van der Waals surface area contributed by atoms with Crippen LogP contribution in [0.1, 0.15) is 18.5 Å². The predicted molar refractivity (Wildman–Crippen MR) is 101 cm³/mol. The number of methoxy groups -OCH3 is 1. The highest BCUT2D eigenvalue weighted by atomic mass is 32.2. The number of ether oxygens (including phenoxy) is 1. The van der Waals surface area contributed by atoms with Gasteiger partial charge in [0.1, 0.15) is 5.75 Å². The number of carbonyl (C=O) groups is 1. The average Bonchev–Trinajstić information content (AvgIpc) is 3.16. The number of hydrogen-bond donors (Lipinski definition) is 2. The largest absolute Gasteiger partial charge is 0.497 e. The predicted octanol–water partition coefficient (Wildman–Crippen LogP) is 2.65. The highest BCUT2D eigenvalue weighted by Gasteiger charge is 2.38. The molecule has 166 valence electrons. The molecule has 30 heavy (non-hydrogen) atoms. The number of aliphatic carboxylic acids is 1. The van der Waals surface area contributed by atoms with Gasteiger partial charge in [-0.25, -0.2) is 13.2 Å². The summed E-state index contributed by atoms with van der Waals surface area (Å²) in [5, 5.41) is 13.9. The van der Waals surface area contributed by atoms with Crippen molar-refractivity contribution in [3.8, 4) is 17.1 Å². The number of halogens is 3. The molecule has 0 aliphatic carbocycles. The zero-order valence-corrected chi connectivity index (χ0v) is 16.8. The minimum atomic E-state index is -5.08. The first-order valence-electron chi connectivity index (χ1n) is 8.85. The van der Waals surface area contributed by atoms with Gasteiger partial charge in [-0.05, 0) is 38.1 Å². The van der Waals surface area contributed by atoms with Gasteiger partial charge in [-0.3, -0.25) is 0 Å². The van der Waals surface area contributed by atoms with Crippen molar-refractivity contribution >= 4 is 15.8 Å². The lowest BCUT2D eigenvalue weighted by Crippen LogP contribution is -2.36. The summed E-state index contributed by atoms with van der Waals surface area (Å²) in [6.45, 7) is 1.50. The molecule has 1 aliphatic heterocycles. The number of carboxylic acids is 1. The molecule has 0 radical (unpaired) electrons. The summed E-state index contributed by atoms with van der Waals surface area (Å²) < 4.78 is 67.2. The van der Waals surface area contributed by atoms with E-state index in [1.807, 2.05) is 24.3 Å². The molecule has 0 bridgehead atoms. The first kappa shape index (κ1) is 23.7. The van der Waals surface area contributed by atoms with Gasteiger partial charge in [0.15, 0.2) is 15.6 Å². The van der Waals surface area contributed by atoms with Crippen molar-refractivity contribution in [2.24, 2.45) is 0 Å². The van der Waals surface area contributed by atoms with Crippen LogP contribution in [0, 0.1) is 0 Å². The number of nitrogens with one attached hydrogen (secondary N) is 1. The van der Waals surface area contributed by atoms with E-state index in [9.17, 15) is 21.6 Å². The normalized spacial score (nSPS) is 15.2. The molecule has 2 heterocycles. The lowest BCUT2D eigenvalue weighted by atomic mass is 10.1. The molecule has 0 saturated carbocycles. The molecule has 0 unspecified atom stereocenters. The van der Waals surface area contributed by atoms with Crippen LogP contribution in [0.2, 0.25) is 0 Å². The summed E-state index contributed by atoms with van der Waals surface area (Å²) in [5.41, 5.74) is 1.25. The lowest BCUT2D eigenvalue weighted by molar-refractivity contribution is -0.192. The number of piperidine rings is 1. The van der Waals surface area contributed by atoms with Crippen LogP contribution in [0.5, 0.6) is 5.75 Å². The van der Waals surface area contributed by atoms with Crippen molar-refractivity contribution in [2.75, 3.05) is 20.2 Å². The summed E-state index contributed by atoms with van der Waals surface area (Å²) >= 11 is 0. The van der Waals surface area contributed by atoms with E-state index < -0.39 is 22.0 Å².